The van der Waals surface area contributed by atoms with Gasteiger partial charge in [-0.05, 0) is 55.6 Å². The van der Waals surface area contributed by atoms with Gasteiger partial charge >= 0.3 is 0 Å². The van der Waals surface area contributed by atoms with Gasteiger partial charge in [0.25, 0.3) is 0 Å². The van der Waals surface area contributed by atoms with Crippen LogP contribution in [0, 0.1) is 11.8 Å². The summed E-state index contributed by atoms with van der Waals surface area (Å²) in [7, 11) is 0. The monoisotopic (exact) mass is 345 g/mol. The minimum absolute atomic E-state index is 0.138. The van der Waals surface area contributed by atoms with Gasteiger partial charge in [0, 0.05) is 24.5 Å². The van der Waals surface area contributed by atoms with E-state index >= 15 is 0 Å². The molecule has 2 aromatic rings. The number of nitrogens with zero attached hydrogens (tertiary/aromatic N) is 3. The molecule has 130 valence electrons. The van der Waals surface area contributed by atoms with Gasteiger partial charge in [-0.3, -0.25) is 4.90 Å². The van der Waals surface area contributed by atoms with Crippen molar-refractivity contribution in [3.63, 3.8) is 0 Å². The molecule has 0 aromatic carbocycles. The van der Waals surface area contributed by atoms with Gasteiger partial charge in [0.1, 0.15) is 0 Å². The molecule has 5 heteroatoms. The third-order valence-electron chi connectivity index (χ3n) is 4.74. The first-order chi connectivity index (χ1) is 11.6. The first-order valence-electron chi connectivity index (χ1n) is 8.87. The Bertz CT molecular complexity index is 604. The SMILES string of the molecule is CC(C)C[C@@H](O)C1CCN(Cc2cnc(-c3cccs3)nc2)CC1. The second-order valence-corrected chi connectivity index (χ2v) is 8.15. The second kappa shape index (κ2) is 8.19. The molecule has 24 heavy (non-hydrogen) atoms. The van der Waals surface area contributed by atoms with Crippen molar-refractivity contribution in [1.82, 2.24) is 14.9 Å². The van der Waals surface area contributed by atoms with Crippen molar-refractivity contribution < 1.29 is 5.11 Å². The van der Waals surface area contributed by atoms with Crippen LogP contribution in [0.3, 0.4) is 0 Å². The smallest absolute Gasteiger partial charge is 0.169 e. The van der Waals surface area contributed by atoms with Gasteiger partial charge in [0.2, 0.25) is 0 Å². The lowest BCUT2D eigenvalue weighted by Gasteiger charge is -2.34. The van der Waals surface area contributed by atoms with E-state index in [-0.39, 0.29) is 6.10 Å². The maximum absolute atomic E-state index is 10.3. The van der Waals surface area contributed by atoms with Crippen molar-refractivity contribution in [2.75, 3.05) is 13.1 Å². The Balaban J connectivity index is 1.49. The van der Waals surface area contributed by atoms with E-state index in [1.54, 1.807) is 11.3 Å². The molecule has 0 unspecified atom stereocenters. The zero-order chi connectivity index (χ0) is 16.9. The molecule has 1 aliphatic heterocycles. The zero-order valence-electron chi connectivity index (χ0n) is 14.6. The Labute approximate surface area is 148 Å². The maximum Gasteiger partial charge on any atom is 0.169 e. The van der Waals surface area contributed by atoms with Crippen LogP contribution >= 0.6 is 11.3 Å². The Morgan fingerprint density at radius 2 is 1.96 bits per heavy atom. The highest BCUT2D eigenvalue weighted by atomic mass is 32.1. The van der Waals surface area contributed by atoms with E-state index < -0.39 is 0 Å². The molecule has 1 saturated heterocycles. The number of aliphatic hydroxyl groups is 1. The first-order valence-corrected chi connectivity index (χ1v) is 9.75. The molecule has 2 aromatic heterocycles. The summed E-state index contributed by atoms with van der Waals surface area (Å²) >= 11 is 1.67. The van der Waals surface area contributed by atoms with E-state index in [1.807, 2.05) is 29.9 Å². The molecule has 0 radical (unpaired) electrons. The molecule has 4 nitrogen and oxygen atoms in total. The molecule has 1 aliphatic rings. The van der Waals surface area contributed by atoms with Crippen LogP contribution in [0.25, 0.3) is 10.7 Å². The van der Waals surface area contributed by atoms with E-state index in [0.717, 1.165) is 55.2 Å². The average molecular weight is 346 g/mol. The number of hydrogen-bond acceptors (Lipinski definition) is 5. The highest BCUT2D eigenvalue weighted by molar-refractivity contribution is 7.13. The number of aliphatic hydroxyl groups excluding tert-OH is 1. The minimum Gasteiger partial charge on any atom is -0.393 e. The first kappa shape index (κ1) is 17.5. The summed E-state index contributed by atoms with van der Waals surface area (Å²) in [6.07, 6.45) is 6.84. The molecule has 0 amide bonds. The topological polar surface area (TPSA) is 49.2 Å². The zero-order valence-corrected chi connectivity index (χ0v) is 15.4. The Morgan fingerprint density at radius 3 is 2.54 bits per heavy atom. The number of piperidine rings is 1. The summed E-state index contributed by atoms with van der Waals surface area (Å²) in [4.78, 5) is 12.5. The van der Waals surface area contributed by atoms with Crippen molar-refractivity contribution in [3.8, 4) is 10.7 Å². The molecule has 1 N–H and O–H groups in total. The van der Waals surface area contributed by atoms with E-state index in [2.05, 4.69) is 28.7 Å². The van der Waals surface area contributed by atoms with E-state index in [9.17, 15) is 5.11 Å². The van der Waals surface area contributed by atoms with Gasteiger partial charge in [-0.25, -0.2) is 9.97 Å². The largest absolute Gasteiger partial charge is 0.393 e. The average Bonchev–Trinajstić information content (AvgIpc) is 3.10. The van der Waals surface area contributed by atoms with Gasteiger partial charge in [-0.2, -0.15) is 0 Å². The van der Waals surface area contributed by atoms with Crippen molar-refractivity contribution >= 4 is 11.3 Å². The highest BCUT2D eigenvalue weighted by Crippen LogP contribution is 2.25. The van der Waals surface area contributed by atoms with Crippen molar-refractivity contribution in [3.05, 3.63) is 35.5 Å². The summed E-state index contributed by atoms with van der Waals surface area (Å²) in [5, 5.41) is 12.3. The summed E-state index contributed by atoms with van der Waals surface area (Å²) in [5.74, 6) is 1.84. The summed E-state index contributed by atoms with van der Waals surface area (Å²) in [5.41, 5.74) is 1.16. The van der Waals surface area contributed by atoms with Gasteiger partial charge in [-0.15, -0.1) is 11.3 Å². The van der Waals surface area contributed by atoms with Crippen LogP contribution < -0.4 is 0 Å². The Kier molecular flexibility index (Phi) is 5.98. The molecular weight excluding hydrogens is 318 g/mol. The number of aromatic nitrogens is 2. The standard InChI is InChI=1S/C19H27N3OS/c1-14(2)10-17(23)16-5-7-22(8-6-16)13-15-11-20-19(21-12-15)18-4-3-9-24-18/h3-4,9,11-12,14,16-17,23H,5-8,10,13H2,1-2H3/t17-/m1/s1. The molecule has 3 rings (SSSR count). The van der Waals surface area contributed by atoms with Crippen LogP contribution in [0.5, 0.6) is 0 Å². The predicted molar refractivity (Wildman–Crippen MR) is 98.8 cm³/mol. The summed E-state index contributed by atoms with van der Waals surface area (Å²) in [6, 6.07) is 4.07. The number of rotatable bonds is 6. The quantitative estimate of drug-likeness (QED) is 0.864. The lowest BCUT2D eigenvalue weighted by atomic mass is 9.87. The highest BCUT2D eigenvalue weighted by Gasteiger charge is 2.25. The molecule has 0 bridgehead atoms. The van der Waals surface area contributed by atoms with Crippen LogP contribution in [0.15, 0.2) is 29.9 Å². The van der Waals surface area contributed by atoms with Crippen molar-refractivity contribution in [2.45, 2.75) is 45.8 Å². The van der Waals surface area contributed by atoms with E-state index in [4.69, 9.17) is 0 Å². The predicted octanol–water partition coefficient (Wildman–Crippen LogP) is 3.82. The summed E-state index contributed by atoms with van der Waals surface area (Å²) < 4.78 is 0. The fourth-order valence-electron chi connectivity index (χ4n) is 3.40. The number of hydrogen-bond donors (Lipinski definition) is 1. The van der Waals surface area contributed by atoms with Gasteiger partial charge in [-0.1, -0.05) is 19.9 Å². The van der Waals surface area contributed by atoms with Crippen LogP contribution in [0.2, 0.25) is 0 Å². The molecule has 3 heterocycles. The van der Waals surface area contributed by atoms with Crippen molar-refractivity contribution in [1.29, 1.82) is 0 Å². The molecule has 0 aliphatic carbocycles. The second-order valence-electron chi connectivity index (χ2n) is 7.20. The Morgan fingerprint density at radius 1 is 1.25 bits per heavy atom. The van der Waals surface area contributed by atoms with Gasteiger partial charge < -0.3 is 5.11 Å². The molecule has 0 spiro atoms. The molecule has 1 fully saturated rings. The fraction of sp³-hybridized carbons (Fsp3) is 0.579. The lowest BCUT2D eigenvalue weighted by Crippen LogP contribution is -2.37. The van der Waals surface area contributed by atoms with Crippen molar-refractivity contribution in [2.24, 2.45) is 11.8 Å². The minimum atomic E-state index is -0.138. The maximum atomic E-state index is 10.3. The number of thiophene rings is 1. The molecule has 1 atom stereocenters. The molecule has 0 saturated carbocycles. The lowest BCUT2D eigenvalue weighted by molar-refractivity contribution is 0.0436. The normalized spacial score (nSPS) is 18.2. The van der Waals surface area contributed by atoms with Crippen LogP contribution in [-0.4, -0.2) is 39.2 Å². The van der Waals surface area contributed by atoms with Crippen LogP contribution in [0.1, 0.15) is 38.7 Å². The van der Waals surface area contributed by atoms with Gasteiger partial charge in [0.15, 0.2) is 5.82 Å². The van der Waals surface area contributed by atoms with Crippen LogP contribution in [0.4, 0.5) is 0 Å². The molecular formula is C19H27N3OS. The summed E-state index contributed by atoms with van der Waals surface area (Å²) in [6.45, 7) is 7.35. The van der Waals surface area contributed by atoms with Gasteiger partial charge in [0.05, 0.1) is 11.0 Å². The van der Waals surface area contributed by atoms with E-state index in [0.29, 0.717) is 11.8 Å². The Hall–Kier alpha value is -1.30. The fourth-order valence-corrected chi connectivity index (χ4v) is 4.07. The number of likely N-dealkylation sites (tertiary alicyclic amines) is 1. The van der Waals surface area contributed by atoms with Crippen LogP contribution in [-0.2, 0) is 6.54 Å². The third-order valence-corrected chi connectivity index (χ3v) is 5.61. The van der Waals surface area contributed by atoms with E-state index in [1.165, 1.54) is 0 Å². The third kappa shape index (κ3) is 4.62.